The lowest BCUT2D eigenvalue weighted by Gasteiger charge is -2.36. The Morgan fingerprint density at radius 2 is 1.90 bits per heavy atom. The Kier molecular flexibility index (Phi) is 5.87. The molecule has 2 N–H and O–H groups in total. The molecular formula is C24H29N5OS. The summed E-state index contributed by atoms with van der Waals surface area (Å²) >= 11 is 1.69. The number of amides is 1. The van der Waals surface area contributed by atoms with Crippen LogP contribution < -0.4 is 10.6 Å². The van der Waals surface area contributed by atoms with Crippen LogP contribution in [0.1, 0.15) is 32.1 Å². The highest BCUT2D eigenvalue weighted by molar-refractivity contribution is 7.17. The highest BCUT2D eigenvalue weighted by atomic mass is 32.1. The van der Waals surface area contributed by atoms with Crippen molar-refractivity contribution in [2.45, 2.75) is 38.1 Å². The van der Waals surface area contributed by atoms with Crippen molar-refractivity contribution in [2.24, 2.45) is 11.7 Å². The second kappa shape index (κ2) is 8.93. The molecule has 6 nitrogen and oxygen atoms in total. The number of carbonyl (C=O) groups excluding carboxylic acids is 1. The summed E-state index contributed by atoms with van der Waals surface area (Å²) in [5, 5.41) is 3.38. The maximum atomic E-state index is 11.4. The monoisotopic (exact) mass is 435 g/mol. The molecule has 0 saturated carbocycles. The number of benzene rings is 1. The molecular weight excluding hydrogens is 406 g/mol. The van der Waals surface area contributed by atoms with Gasteiger partial charge in [-0.1, -0.05) is 30.3 Å². The third-order valence-corrected chi connectivity index (χ3v) is 7.66. The van der Waals surface area contributed by atoms with Gasteiger partial charge in [-0.2, -0.15) is 0 Å². The molecule has 2 aromatic heterocycles. The number of nitrogens with two attached hydrogens (primary N) is 1. The van der Waals surface area contributed by atoms with E-state index in [2.05, 4.69) is 50.5 Å². The van der Waals surface area contributed by atoms with E-state index in [4.69, 9.17) is 10.7 Å². The fourth-order valence-corrected chi connectivity index (χ4v) is 6.10. The molecule has 0 spiro atoms. The molecule has 1 aromatic carbocycles. The van der Waals surface area contributed by atoms with E-state index >= 15 is 0 Å². The Balaban J connectivity index is 1.30. The Morgan fingerprint density at radius 1 is 1.10 bits per heavy atom. The van der Waals surface area contributed by atoms with Crippen LogP contribution >= 0.6 is 11.3 Å². The summed E-state index contributed by atoms with van der Waals surface area (Å²) in [4.78, 5) is 26.6. The van der Waals surface area contributed by atoms with Crippen molar-refractivity contribution in [3.63, 3.8) is 0 Å². The lowest BCUT2D eigenvalue weighted by Crippen LogP contribution is -2.41. The number of aromatic nitrogens is 2. The molecule has 2 saturated heterocycles. The van der Waals surface area contributed by atoms with Crippen LogP contribution in [0.2, 0.25) is 0 Å². The van der Waals surface area contributed by atoms with Gasteiger partial charge in [0.2, 0.25) is 5.91 Å². The number of anilines is 1. The van der Waals surface area contributed by atoms with Gasteiger partial charge in [0, 0.05) is 43.0 Å². The highest BCUT2D eigenvalue weighted by Gasteiger charge is 2.30. The van der Waals surface area contributed by atoms with Gasteiger partial charge >= 0.3 is 0 Å². The minimum Gasteiger partial charge on any atom is -0.370 e. The van der Waals surface area contributed by atoms with Gasteiger partial charge < -0.3 is 10.6 Å². The summed E-state index contributed by atoms with van der Waals surface area (Å²) in [6.45, 7) is 4.20. The first kappa shape index (κ1) is 20.4. The van der Waals surface area contributed by atoms with E-state index in [1.807, 2.05) is 0 Å². The van der Waals surface area contributed by atoms with Gasteiger partial charge in [-0.25, -0.2) is 9.97 Å². The molecule has 3 aromatic rings. The first-order chi connectivity index (χ1) is 15.2. The number of piperidine rings is 1. The van der Waals surface area contributed by atoms with Crippen molar-refractivity contribution in [3.05, 3.63) is 42.0 Å². The summed E-state index contributed by atoms with van der Waals surface area (Å²) < 4.78 is 0. The number of rotatable bonds is 6. The van der Waals surface area contributed by atoms with Crippen molar-refractivity contribution in [1.29, 1.82) is 0 Å². The van der Waals surface area contributed by atoms with Crippen molar-refractivity contribution in [3.8, 4) is 11.1 Å². The van der Waals surface area contributed by atoms with Crippen LogP contribution in [0.4, 0.5) is 5.82 Å². The quantitative estimate of drug-likeness (QED) is 0.635. The molecule has 0 bridgehead atoms. The fourth-order valence-electron chi connectivity index (χ4n) is 5.19. The number of carbonyl (C=O) groups is 1. The van der Waals surface area contributed by atoms with Gasteiger partial charge in [-0.05, 0) is 43.7 Å². The zero-order valence-corrected chi connectivity index (χ0v) is 18.6. The number of likely N-dealkylation sites (tertiary alicyclic amines) is 1. The molecule has 31 heavy (non-hydrogen) atoms. The van der Waals surface area contributed by atoms with Gasteiger partial charge in [0.15, 0.2) is 0 Å². The van der Waals surface area contributed by atoms with Crippen molar-refractivity contribution < 1.29 is 4.79 Å². The summed E-state index contributed by atoms with van der Waals surface area (Å²) in [6, 6.07) is 10.9. The van der Waals surface area contributed by atoms with Crippen LogP contribution in [-0.4, -0.2) is 53.0 Å². The largest absolute Gasteiger partial charge is 0.370 e. The average Bonchev–Trinajstić information content (AvgIpc) is 3.41. The molecule has 1 atom stereocenters. The minimum atomic E-state index is -0.176. The fraction of sp³-hybridized carbons (Fsp3) is 0.458. The molecule has 2 fully saturated rings. The Morgan fingerprint density at radius 3 is 2.68 bits per heavy atom. The predicted octanol–water partition coefficient (Wildman–Crippen LogP) is 3.91. The number of nitrogens with zero attached hydrogens (tertiary/aromatic N) is 4. The summed E-state index contributed by atoms with van der Waals surface area (Å²) in [5.74, 6) is 1.55. The molecule has 2 aliphatic heterocycles. The van der Waals surface area contributed by atoms with Crippen LogP contribution in [0, 0.1) is 5.92 Å². The van der Waals surface area contributed by atoms with Crippen LogP contribution in [0.25, 0.3) is 21.3 Å². The Bertz CT molecular complexity index is 1040. The molecule has 1 unspecified atom stereocenters. The second-order valence-corrected chi connectivity index (χ2v) is 9.64. The van der Waals surface area contributed by atoms with Gasteiger partial charge in [0.1, 0.15) is 17.0 Å². The standard InChI is InChI=1S/C24H29N5OS/c25-21(30)13-19-7-4-10-29(19)14-17-8-11-28(12-9-17)23-22-20(18-5-2-1-3-6-18)15-31-24(22)27-16-26-23/h1-3,5-6,15-17,19H,4,7-14H2,(H2,25,30). The minimum absolute atomic E-state index is 0.176. The zero-order chi connectivity index (χ0) is 21.2. The molecule has 2 aliphatic rings. The van der Waals surface area contributed by atoms with Gasteiger partial charge in [0.25, 0.3) is 0 Å². The SMILES string of the molecule is NC(=O)CC1CCCN1CC1CCN(c2ncnc3scc(-c4ccccc4)c23)CC1. The molecule has 7 heteroatoms. The van der Waals surface area contributed by atoms with Crippen molar-refractivity contribution >= 4 is 33.3 Å². The normalized spacial score (nSPS) is 20.5. The zero-order valence-electron chi connectivity index (χ0n) is 17.7. The number of thiophene rings is 1. The smallest absolute Gasteiger partial charge is 0.218 e. The first-order valence-electron chi connectivity index (χ1n) is 11.2. The number of primary amides is 1. The van der Waals surface area contributed by atoms with E-state index in [0.717, 1.165) is 56.1 Å². The van der Waals surface area contributed by atoms with Gasteiger partial charge in [0.05, 0.1) is 5.39 Å². The molecule has 0 aliphatic carbocycles. The van der Waals surface area contributed by atoms with Crippen molar-refractivity contribution in [1.82, 2.24) is 14.9 Å². The third-order valence-electron chi connectivity index (χ3n) is 6.78. The molecule has 162 valence electrons. The highest BCUT2D eigenvalue weighted by Crippen LogP contribution is 2.39. The lowest BCUT2D eigenvalue weighted by molar-refractivity contribution is -0.119. The molecule has 1 amide bonds. The number of hydrogen-bond donors (Lipinski definition) is 1. The van der Waals surface area contributed by atoms with Gasteiger partial charge in [-0.15, -0.1) is 11.3 Å². The molecule has 4 heterocycles. The van der Waals surface area contributed by atoms with Crippen LogP contribution in [0.15, 0.2) is 42.0 Å². The second-order valence-electron chi connectivity index (χ2n) is 8.78. The van der Waals surface area contributed by atoms with E-state index in [0.29, 0.717) is 18.4 Å². The molecule has 0 radical (unpaired) electrons. The van der Waals surface area contributed by atoms with Crippen LogP contribution in [0.3, 0.4) is 0 Å². The van der Waals surface area contributed by atoms with E-state index in [1.54, 1.807) is 17.7 Å². The Labute approximate surface area is 187 Å². The maximum absolute atomic E-state index is 11.4. The summed E-state index contributed by atoms with van der Waals surface area (Å²) in [5.41, 5.74) is 7.90. The van der Waals surface area contributed by atoms with Crippen LogP contribution in [0.5, 0.6) is 0 Å². The Hall–Kier alpha value is -2.51. The lowest BCUT2D eigenvalue weighted by atomic mass is 9.95. The molecule has 5 rings (SSSR count). The van der Waals surface area contributed by atoms with E-state index in [-0.39, 0.29) is 5.91 Å². The first-order valence-corrected chi connectivity index (χ1v) is 12.1. The topological polar surface area (TPSA) is 75.4 Å². The van der Waals surface area contributed by atoms with Crippen LogP contribution in [-0.2, 0) is 4.79 Å². The number of hydrogen-bond acceptors (Lipinski definition) is 6. The van der Waals surface area contributed by atoms with E-state index in [9.17, 15) is 4.79 Å². The summed E-state index contributed by atoms with van der Waals surface area (Å²) in [7, 11) is 0. The third kappa shape index (κ3) is 4.29. The van der Waals surface area contributed by atoms with E-state index in [1.165, 1.54) is 22.9 Å². The van der Waals surface area contributed by atoms with E-state index < -0.39 is 0 Å². The van der Waals surface area contributed by atoms with Gasteiger partial charge in [-0.3, -0.25) is 9.69 Å². The number of fused-ring (bicyclic) bond motifs is 1. The van der Waals surface area contributed by atoms with Crippen molar-refractivity contribution in [2.75, 3.05) is 31.1 Å². The predicted molar refractivity (Wildman–Crippen MR) is 126 cm³/mol. The average molecular weight is 436 g/mol. The maximum Gasteiger partial charge on any atom is 0.218 e. The summed E-state index contributed by atoms with van der Waals surface area (Å²) in [6.07, 6.45) is 6.77.